The van der Waals surface area contributed by atoms with E-state index in [1.165, 1.54) is 0 Å². The number of hydrogen-bond donors (Lipinski definition) is 2. The van der Waals surface area contributed by atoms with E-state index in [1.54, 1.807) is 12.1 Å². The van der Waals surface area contributed by atoms with E-state index < -0.39 is 5.41 Å². The van der Waals surface area contributed by atoms with Gasteiger partial charge in [0.25, 0.3) is 0 Å². The molecular weight excluding hydrogens is 604 g/mol. The molecule has 1 heterocycles. The average molecular weight is 657 g/mol. The molecule has 4 amide bonds. The van der Waals surface area contributed by atoms with Gasteiger partial charge in [0, 0.05) is 19.8 Å². The first-order valence-corrected chi connectivity index (χ1v) is 13.9. The first-order valence-electron chi connectivity index (χ1n) is 13.9. The van der Waals surface area contributed by atoms with Crippen molar-refractivity contribution >= 4 is 23.8 Å². The predicted octanol–water partition coefficient (Wildman–Crippen LogP) is 2.13. The van der Waals surface area contributed by atoms with E-state index in [0.717, 1.165) is 13.2 Å². The summed E-state index contributed by atoms with van der Waals surface area (Å²) in [6, 6.07) is 4.60. The Labute approximate surface area is 307 Å². The molecule has 0 unspecified atom stereocenters. The Morgan fingerprint density at radius 3 is 1.71 bits per heavy atom. The van der Waals surface area contributed by atoms with Crippen LogP contribution >= 0.6 is 0 Å². The number of aliphatic imine (C=N–C) groups is 1. The summed E-state index contributed by atoms with van der Waals surface area (Å²) in [6.45, 7) is 24.4. The summed E-state index contributed by atoms with van der Waals surface area (Å²) in [5.74, 6) is 0.109. The summed E-state index contributed by atoms with van der Waals surface area (Å²) in [7, 11) is 0. The second-order valence-electron chi connectivity index (χ2n) is 12.3. The zero-order chi connectivity index (χ0) is 31.0. The maximum Gasteiger partial charge on any atom is 2.00 e. The van der Waals surface area contributed by atoms with Crippen LogP contribution in [-0.4, -0.2) is 78.3 Å². The number of carbonyl (C=O) groups excluding carboxylic acids is 2. The van der Waals surface area contributed by atoms with Crippen molar-refractivity contribution < 1.29 is 87.9 Å². The number of urea groups is 2. The number of pyridine rings is 1. The first kappa shape index (κ1) is 45.7. The van der Waals surface area contributed by atoms with E-state index in [2.05, 4.69) is 31.2 Å². The molecular formula is C29H52KMnN7O4. The molecule has 1 aromatic heterocycles. The van der Waals surface area contributed by atoms with Gasteiger partial charge in [0.2, 0.25) is 0 Å². The normalized spacial score (nSPS) is 11.8. The van der Waals surface area contributed by atoms with Crippen LogP contribution in [0.15, 0.2) is 23.2 Å². The number of rotatable bonds is 11. The third kappa shape index (κ3) is 25.7. The zero-order valence-corrected chi connectivity index (χ0v) is 32.2. The molecule has 0 aromatic carbocycles. The second kappa shape index (κ2) is 22.7. The van der Waals surface area contributed by atoms with Crippen LogP contribution in [0.4, 0.5) is 15.4 Å². The van der Waals surface area contributed by atoms with E-state index in [-0.39, 0.29) is 111 Å². The van der Waals surface area contributed by atoms with Gasteiger partial charge in [-0.3, -0.25) is 14.5 Å². The van der Waals surface area contributed by atoms with E-state index in [0.29, 0.717) is 31.1 Å². The van der Waals surface area contributed by atoms with E-state index in [9.17, 15) is 14.7 Å². The Balaban J connectivity index is -0.00000199. The Morgan fingerprint density at radius 2 is 1.36 bits per heavy atom. The van der Waals surface area contributed by atoms with E-state index >= 15 is 0 Å². The molecule has 11 nitrogen and oxygen atoms in total. The van der Waals surface area contributed by atoms with Gasteiger partial charge < -0.3 is 31.1 Å². The maximum absolute atomic E-state index is 12.3. The molecule has 0 saturated heterocycles. The topological polar surface area (TPSA) is 147 Å². The van der Waals surface area contributed by atoms with Gasteiger partial charge in [-0.05, 0) is 74.5 Å². The largest absolute Gasteiger partial charge is 2.00 e. The van der Waals surface area contributed by atoms with E-state index in [4.69, 9.17) is 4.74 Å². The molecule has 1 radical (unpaired) electrons. The minimum Gasteiger partial charge on any atom is -0.861 e. The summed E-state index contributed by atoms with van der Waals surface area (Å²) in [5.41, 5.74) is -0.602. The maximum atomic E-state index is 12.3. The summed E-state index contributed by atoms with van der Waals surface area (Å²) < 4.78 is 4.83. The van der Waals surface area contributed by atoms with Gasteiger partial charge in [-0.1, -0.05) is 68.4 Å². The number of nitrogens with zero attached hydrogens (tertiary/aromatic N) is 5. The Bertz CT molecular complexity index is 894. The number of ether oxygens (including phenoxy) is 1. The van der Waals surface area contributed by atoms with Crippen LogP contribution in [0.5, 0.6) is 0 Å². The van der Waals surface area contributed by atoms with Crippen LogP contribution in [-0.2, 0) is 28.4 Å². The monoisotopic (exact) mass is 656 g/mol. The van der Waals surface area contributed by atoms with Crippen LogP contribution in [0.3, 0.4) is 0 Å². The molecule has 0 aliphatic rings. The third-order valence-electron chi connectivity index (χ3n) is 4.75. The number of amides is 4. The van der Waals surface area contributed by atoms with Crippen molar-refractivity contribution in [3.8, 4) is 0 Å². The smallest absolute Gasteiger partial charge is 0.861 e. The minimum absolute atomic E-state index is 0. The van der Waals surface area contributed by atoms with Gasteiger partial charge >= 0.3 is 68.5 Å². The van der Waals surface area contributed by atoms with Gasteiger partial charge in [0.1, 0.15) is 0 Å². The van der Waals surface area contributed by atoms with Crippen molar-refractivity contribution in [2.45, 2.75) is 93.8 Å². The van der Waals surface area contributed by atoms with Crippen LogP contribution < -0.4 is 67.1 Å². The molecule has 0 saturated carbocycles. The van der Waals surface area contributed by atoms with Crippen LogP contribution in [0, 0.1) is 5.41 Å². The molecule has 13 heteroatoms. The molecule has 0 aliphatic carbocycles. The molecule has 0 aliphatic heterocycles. The molecule has 0 fully saturated rings. The SMILES string of the molecule is CC(C)(C)NC(=O)[N-]CCN(CC[N-]C(=O)NC(C)(C)C)Cc1cccc(/N=C(\[O-])C(C)(C)C)n1.CCOCC.[K+].[Mn+2]. The summed E-state index contributed by atoms with van der Waals surface area (Å²) in [5, 5.41) is 26.0. The summed E-state index contributed by atoms with van der Waals surface area (Å²) in [4.78, 5) is 34.7. The molecule has 1 rings (SSSR count). The fourth-order valence-corrected chi connectivity index (χ4v) is 2.90. The molecule has 0 bridgehead atoms. The second-order valence-corrected chi connectivity index (χ2v) is 12.3. The van der Waals surface area contributed by atoms with Gasteiger partial charge in [0.05, 0.1) is 5.69 Å². The number of carbonyl (C=O) groups is 2. The molecule has 42 heavy (non-hydrogen) atoms. The van der Waals surface area contributed by atoms with Crippen molar-refractivity contribution in [1.29, 1.82) is 0 Å². The molecule has 1 aromatic rings. The molecule has 2 N–H and O–H groups in total. The van der Waals surface area contributed by atoms with Gasteiger partial charge in [-0.2, -0.15) is 0 Å². The quantitative estimate of drug-likeness (QED) is 0.212. The molecule has 0 atom stereocenters. The van der Waals surface area contributed by atoms with Crippen LogP contribution in [0.1, 0.15) is 81.9 Å². The Hall–Kier alpha value is -0.764. The van der Waals surface area contributed by atoms with Crippen LogP contribution in [0.2, 0.25) is 0 Å². The Morgan fingerprint density at radius 1 is 0.905 bits per heavy atom. The zero-order valence-electron chi connectivity index (χ0n) is 27.9. The van der Waals surface area contributed by atoms with Gasteiger partial charge in [-0.15, -0.1) is 0 Å². The fraction of sp³-hybridized carbons (Fsp3) is 0.724. The van der Waals surface area contributed by atoms with Gasteiger partial charge in [-0.25, -0.2) is 9.98 Å². The van der Waals surface area contributed by atoms with Crippen LogP contribution in [0.25, 0.3) is 10.6 Å². The summed E-state index contributed by atoms with van der Waals surface area (Å²) in [6.07, 6.45) is 0. The van der Waals surface area contributed by atoms with Gasteiger partial charge in [0.15, 0.2) is 17.9 Å². The first-order chi connectivity index (χ1) is 18.4. The van der Waals surface area contributed by atoms with Crippen molar-refractivity contribution in [2.75, 3.05) is 39.4 Å². The number of aromatic nitrogens is 1. The third-order valence-corrected chi connectivity index (χ3v) is 4.75. The minimum atomic E-state index is -0.589. The standard InChI is InChI=1S/C25H45N7O3.C4H10O.K.Mn/c1-23(2,3)20(33)29-19-12-10-11-18(28-19)17-32(15-13-26-21(34)30-24(4,5)6)16-14-27-22(35)31-25(7,8)9;1-3-5-4-2;;/h10-12H,13-17H2,1-9H3,(H5,26,27,28,29,30,31,33,34,35);3-4H2,1-2H3;;/q;;+1;+2/p-3. The predicted molar refractivity (Wildman–Crippen MR) is 161 cm³/mol. The number of nitrogens with one attached hydrogen (secondary N) is 2. The molecule has 235 valence electrons. The number of hydrogen-bond acceptors (Lipinski definition) is 7. The average Bonchev–Trinajstić information content (AvgIpc) is 2.77. The Kier molecular flexibility index (Phi) is 24.7. The molecule has 0 spiro atoms. The van der Waals surface area contributed by atoms with Crippen molar-refractivity contribution in [2.24, 2.45) is 10.4 Å². The van der Waals surface area contributed by atoms with Crippen molar-refractivity contribution in [3.05, 3.63) is 34.5 Å². The van der Waals surface area contributed by atoms with E-state index in [1.807, 2.05) is 87.1 Å². The van der Waals surface area contributed by atoms with Crippen molar-refractivity contribution in [1.82, 2.24) is 20.5 Å². The fourth-order valence-electron chi connectivity index (χ4n) is 2.90. The van der Waals surface area contributed by atoms with Crippen molar-refractivity contribution in [3.63, 3.8) is 0 Å². The summed E-state index contributed by atoms with van der Waals surface area (Å²) >= 11 is 0.